The number of morpholine rings is 1. The maximum atomic E-state index is 12.6. The van der Waals surface area contributed by atoms with Gasteiger partial charge in [0.05, 0.1) is 19.1 Å². The molecule has 0 radical (unpaired) electrons. The molecule has 2 aromatic carbocycles. The van der Waals surface area contributed by atoms with Gasteiger partial charge >= 0.3 is 0 Å². The summed E-state index contributed by atoms with van der Waals surface area (Å²) in [5, 5.41) is 0. The van der Waals surface area contributed by atoms with Crippen molar-refractivity contribution in [3.63, 3.8) is 0 Å². The summed E-state index contributed by atoms with van der Waals surface area (Å²) in [5.74, 6) is 0.170. The van der Waals surface area contributed by atoms with Crippen LogP contribution in [0.4, 0.5) is 0 Å². The number of hydrogen-bond donors (Lipinski definition) is 0. The van der Waals surface area contributed by atoms with E-state index in [-0.39, 0.29) is 18.1 Å². The second-order valence-electron chi connectivity index (χ2n) is 6.31. The highest BCUT2D eigenvalue weighted by Crippen LogP contribution is 2.26. The predicted octanol–water partition coefficient (Wildman–Crippen LogP) is 3.53. The lowest BCUT2D eigenvalue weighted by Crippen LogP contribution is -2.46. The van der Waals surface area contributed by atoms with Crippen LogP contribution in [0.1, 0.15) is 29.7 Å². The summed E-state index contributed by atoms with van der Waals surface area (Å²) in [6.45, 7) is 5.39. The van der Waals surface area contributed by atoms with Crippen LogP contribution >= 0.6 is 0 Å². The molecule has 1 aliphatic heterocycles. The van der Waals surface area contributed by atoms with Gasteiger partial charge in [-0.3, -0.25) is 4.79 Å². The van der Waals surface area contributed by atoms with Crippen LogP contribution in [0.3, 0.4) is 0 Å². The van der Waals surface area contributed by atoms with Crippen molar-refractivity contribution in [1.29, 1.82) is 0 Å². The normalized spacial score (nSPS) is 21.2. The zero-order valence-corrected chi connectivity index (χ0v) is 13.7. The van der Waals surface area contributed by atoms with E-state index in [4.69, 9.17) is 4.74 Å². The molecule has 0 saturated carbocycles. The van der Waals surface area contributed by atoms with Crippen LogP contribution in [0, 0.1) is 6.92 Å². The Balaban J connectivity index is 1.70. The van der Waals surface area contributed by atoms with Gasteiger partial charge in [-0.1, -0.05) is 60.2 Å². The number of nitrogens with zero attached hydrogens (tertiary/aromatic N) is 1. The molecule has 23 heavy (non-hydrogen) atoms. The van der Waals surface area contributed by atoms with E-state index < -0.39 is 0 Å². The third-order valence-corrected chi connectivity index (χ3v) is 4.26. The molecule has 0 bridgehead atoms. The fraction of sp³-hybridized carbons (Fsp3) is 0.350. The Bertz CT molecular complexity index is 651. The number of benzene rings is 2. The minimum Gasteiger partial charge on any atom is -0.367 e. The Morgan fingerprint density at radius 2 is 1.78 bits per heavy atom. The quantitative estimate of drug-likeness (QED) is 0.868. The molecule has 3 heteroatoms. The van der Waals surface area contributed by atoms with E-state index >= 15 is 0 Å². The summed E-state index contributed by atoms with van der Waals surface area (Å²) in [4.78, 5) is 14.6. The van der Waals surface area contributed by atoms with Crippen LogP contribution in [0.5, 0.6) is 0 Å². The minimum atomic E-state index is -0.0425. The van der Waals surface area contributed by atoms with Crippen molar-refractivity contribution in [1.82, 2.24) is 4.90 Å². The van der Waals surface area contributed by atoms with E-state index in [0.717, 1.165) is 11.1 Å². The standard InChI is InChI=1S/C20H23NO2/c1-15-8-10-18(11-9-15)19-14-21(13-16(2)23-19)20(22)12-17-6-4-3-5-7-17/h3-11,16,19H,12-14H2,1-2H3. The average molecular weight is 309 g/mol. The molecule has 0 aromatic heterocycles. The second kappa shape index (κ2) is 6.97. The van der Waals surface area contributed by atoms with Crippen LogP contribution in [0.25, 0.3) is 0 Å². The lowest BCUT2D eigenvalue weighted by molar-refractivity contribution is -0.144. The molecule has 1 saturated heterocycles. The van der Waals surface area contributed by atoms with Gasteiger partial charge in [-0.15, -0.1) is 0 Å². The second-order valence-corrected chi connectivity index (χ2v) is 6.31. The molecule has 0 spiro atoms. The Labute approximate surface area is 137 Å². The van der Waals surface area contributed by atoms with Crippen molar-refractivity contribution in [3.05, 3.63) is 71.3 Å². The molecule has 1 amide bonds. The highest BCUT2D eigenvalue weighted by Gasteiger charge is 2.29. The SMILES string of the molecule is Cc1ccc(C2CN(C(=O)Cc3ccccc3)CC(C)O2)cc1. The van der Waals surface area contributed by atoms with Gasteiger partial charge in [0.1, 0.15) is 6.10 Å². The van der Waals surface area contributed by atoms with Gasteiger partial charge in [-0.2, -0.15) is 0 Å². The van der Waals surface area contributed by atoms with E-state index in [1.54, 1.807) is 0 Å². The number of ether oxygens (including phenoxy) is 1. The molecule has 1 fully saturated rings. The van der Waals surface area contributed by atoms with Crippen LogP contribution in [-0.2, 0) is 16.0 Å². The van der Waals surface area contributed by atoms with Gasteiger partial charge in [-0.05, 0) is 25.0 Å². The summed E-state index contributed by atoms with van der Waals surface area (Å²) in [7, 11) is 0. The minimum absolute atomic E-state index is 0.0425. The molecule has 3 nitrogen and oxygen atoms in total. The molecule has 3 rings (SSSR count). The monoisotopic (exact) mass is 309 g/mol. The Morgan fingerprint density at radius 3 is 2.48 bits per heavy atom. The zero-order valence-electron chi connectivity index (χ0n) is 13.7. The Hall–Kier alpha value is -2.13. The third kappa shape index (κ3) is 3.99. The van der Waals surface area contributed by atoms with Crippen LogP contribution in [0.15, 0.2) is 54.6 Å². The average Bonchev–Trinajstić information content (AvgIpc) is 2.56. The van der Waals surface area contributed by atoms with Crippen molar-refractivity contribution >= 4 is 5.91 Å². The highest BCUT2D eigenvalue weighted by molar-refractivity contribution is 5.79. The van der Waals surface area contributed by atoms with E-state index in [9.17, 15) is 4.79 Å². The highest BCUT2D eigenvalue weighted by atomic mass is 16.5. The smallest absolute Gasteiger partial charge is 0.227 e. The van der Waals surface area contributed by atoms with E-state index in [1.165, 1.54) is 5.56 Å². The summed E-state index contributed by atoms with van der Waals surface area (Å²) in [6.07, 6.45) is 0.461. The Kier molecular flexibility index (Phi) is 4.77. The van der Waals surface area contributed by atoms with Crippen LogP contribution in [-0.4, -0.2) is 30.0 Å². The molecule has 0 N–H and O–H groups in total. The predicted molar refractivity (Wildman–Crippen MR) is 91.2 cm³/mol. The maximum absolute atomic E-state index is 12.6. The van der Waals surface area contributed by atoms with Gasteiger partial charge in [0.25, 0.3) is 0 Å². The van der Waals surface area contributed by atoms with Gasteiger partial charge in [0.2, 0.25) is 5.91 Å². The topological polar surface area (TPSA) is 29.5 Å². The first-order valence-electron chi connectivity index (χ1n) is 8.15. The molecule has 0 aliphatic carbocycles. The fourth-order valence-corrected chi connectivity index (χ4v) is 3.00. The van der Waals surface area contributed by atoms with Crippen molar-refractivity contribution in [3.8, 4) is 0 Å². The van der Waals surface area contributed by atoms with Crippen LogP contribution < -0.4 is 0 Å². The molecule has 2 unspecified atom stereocenters. The summed E-state index contributed by atoms with van der Waals surface area (Å²) in [5.41, 5.74) is 3.43. The lowest BCUT2D eigenvalue weighted by Gasteiger charge is -2.37. The summed E-state index contributed by atoms with van der Waals surface area (Å²) in [6, 6.07) is 18.3. The number of aryl methyl sites for hydroxylation is 1. The zero-order chi connectivity index (χ0) is 16.2. The molecule has 120 valence electrons. The largest absolute Gasteiger partial charge is 0.367 e. The molecular formula is C20H23NO2. The van der Waals surface area contributed by atoms with E-state index in [1.807, 2.05) is 42.2 Å². The van der Waals surface area contributed by atoms with E-state index in [2.05, 4.69) is 31.2 Å². The number of hydrogen-bond acceptors (Lipinski definition) is 2. The van der Waals surface area contributed by atoms with Gasteiger partial charge in [0, 0.05) is 6.54 Å². The fourth-order valence-electron chi connectivity index (χ4n) is 3.00. The number of carbonyl (C=O) groups is 1. The van der Waals surface area contributed by atoms with Crippen molar-refractivity contribution in [2.75, 3.05) is 13.1 Å². The van der Waals surface area contributed by atoms with Crippen LogP contribution in [0.2, 0.25) is 0 Å². The first-order valence-corrected chi connectivity index (χ1v) is 8.15. The lowest BCUT2D eigenvalue weighted by atomic mass is 10.0. The number of rotatable bonds is 3. The molecule has 1 heterocycles. The maximum Gasteiger partial charge on any atom is 0.227 e. The van der Waals surface area contributed by atoms with Gasteiger partial charge < -0.3 is 9.64 Å². The van der Waals surface area contributed by atoms with E-state index in [0.29, 0.717) is 19.5 Å². The van der Waals surface area contributed by atoms with Crippen molar-refractivity contribution in [2.45, 2.75) is 32.5 Å². The molecule has 1 aliphatic rings. The Morgan fingerprint density at radius 1 is 1.09 bits per heavy atom. The molecule has 2 atom stereocenters. The number of amides is 1. The number of carbonyl (C=O) groups excluding carboxylic acids is 1. The first kappa shape index (κ1) is 15.8. The third-order valence-electron chi connectivity index (χ3n) is 4.26. The molecular weight excluding hydrogens is 286 g/mol. The molecule has 2 aromatic rings. The van der Waals surface area contributed by atoms with Gasteiger partial charge in [0.15, 0.2) is 0 Å². The summed E-state index contributed by atoms with van der Waals surface area (Å²) < 4.78 is 6.05. The summed E-state index contributed by atoms with van der Waals surface area (Å²) >= 11 is 0. The first-order chi connectivity index (χ1) is 11.1. The van der Waals surface area contributed by atoms with Gasteiger partial charge in [-0.25, -0.2) is 0 Å². The van der Waals surface area contributed by atoms with Crippen molar-refractivity contribution < 1.29 is 9.53 Å². The van der Waals surface area contributed by atoms with Crippen molar-refractivity contribution in [2.24, 2.45) is 0 Å².